The van der Waals surface area contributed by atoms with Gasteiger partial charge in [-0.05, 0) is 26.2 Å². The summed E-state index contributed by atoms with van der Waals surface area (Å²) >= 11 is 0. The molecule has 1 atom stereocenters. The van der Waals surface area contributed by atoms with Crippen molar-refractivity contribution >= 4 is 11.9 Å². The number of nitrogens with zero attached hydrogens (tertiary/aromatic N) is 3. The van der Waals surface area contributed by atoms with Gasteiger partial charge in [0, 0.05) is 31.8 Å². The molecule has 1 aliphatic carbocycles. The average Bonchev–Trinajstić information content (AvgIpc) is 3.25. The monoisotopic (exact) mass is 321 g/mol. The molecule has 2 aliphatic rings. The number of aromatic nitrogens is 2. The lowest BCUT2D eigenvalue weighted by atomic mass is 9.90. The number of carboxylic acids is 1. The van der Waals surface area contributed by atoms with E-state index in [-0.39, 0.29) is 18.9 Å². The van der Waals surface area contributed by atoms with Crippen LogP contribution in [0.4, 0.5) is 0 Å². The van der Waals surface area contributed by atoms with E-state index in [1.54, 1.807) is 11.8 Å². The number of carbonyl (C=O) groups excluding carboxylic acids is 1. The molecule has 1 aromatic heterocycles. The molecule has 2 fully saturated rings. The van der Waals surface area contributed by atoms with Crippen LogP contribution >= 0.6 is 0 Å². The van der Waals surface area contributed by atoms with Crippen LogP contribution in [0.2, 0.25) is 0 Å². The van der Waals surface area contributed by atoms with Crippen LogP contribution in [0.1, 0.15) is 63.1 Å². The second-order valence-electron chi connectivity index (χ2n) is 6.96. The molecule has 1 N–H and O–H groups in total. The summed E-state index contributed by atoms with van der Waals surface area (Å²) in [6.07, 6.45) is 5.84. The van der Waals surface area contributed by atoms with Crippen molar-refractivity contribution in [2.75, 3.05) is 13.1 Å². The third-order valence-electron chi connectivity index (χ3n) is 5.10. The number of amides is 1. The fraction of sp³-hybridized carbons (Fsp3) is 0.750. The summed E-state index contributed by atoms with van der Waals surface area (Å²) in [7, 11) is 0. The van der Waals surface area contributed by atoms with Crippen molar-refractivity contribution < 1.29 is 19.2 Å². The number of hydrogen-bond acceptors (Lipinski definition) is 5. The summed E-state index contributed by atoms with van der Waals surface area (Å²) in [5.41, 5.74) is -0.824. The molecule has 1 aliphatic heterocycles. The van der Waals surface area contributed by atoms with Crippen LogP contribution < -0.4 is 0 Å². The summed E-state index contributed by atoms with van der Waals surface area (Å²) in [5.74, 6) is 0.782. The largest absolute Gasteiger partial charge is 0.481 e. The molecule has 0 bridgehead atoms. The minimum atomic E-state index is -0.842. The van der Waals surface area contributed by atoms with Gasteiger partial charge in [-0.15, -0.1) is 0 Å². The van der Waals surface area contributed by atoms with E-state index in [0.717, 1.165) is 18.7 Å². The van der Waals surface area contributed by atoms with Gasteiger partial charge in [-0.2, -0.15) is 4.98 Å². The summed E-state index contributed by atoms with van der Waals surface area (Å²) in [6, 6.07) is 0. The zero-order valence-corrected chi connectivity index (χ0v) is 13.5. The molecule has 3 rings (SSSR count). The molecular formula is C16H23N3O4. The van der Waals surface area contributed by atoms with Gasteiger partial charge in [-0.3, -0.25) is 9.59 Å². The molecule has 1 saturated carbocycles. The first-order chi connectivity index (χ1) is 11.0. The van der Waals surface area contributed by atoms with Gasteiger partial charge in [0.1, 0.15) is 0 Å². The number of carboxylic acid groups (broad SMARTS) is 1. The Labute approximate surface area is 135 Å². The van der Waals surface area contributed by atoms with Crippen LogP contribution in [0, 0.1) is 5.41 Å². The molecule has 2 heterocycles. The van der Waals surface area contributed by atoms with Gasteiger partial charge < -0.3 is 14.5 Å². The van der Waals surface area contributed by atoms with Gasteiger partial charge in [0.15, 0.2) is 5.82 Å². The topological polar surface area (TPSA) is 96.5 Å². The third-order valence-corrected chi connectivity index (χ3v) is 5.10. The van der Waals surface area contributed by atoms with Crippen LogP contribution in [-0.4, -0.2) is 45.1 Å². The van der Waals surface area contributed by atoms with Gasteiger partial charge in [0.2, 0.25) is 11.8 Å². The van der Waals surface area contributed by atoms with Crippen LogP contribution in [0.5, 0.6) is 0 Å². The van der Waals surface area contributed by atoms with E-state index in [1.165, 1.54) is 12.8 Å². The molecule has 23 heavy (non-hydrogen) atoms. The Morgan fingerprint density at radius 3 is 2.78 bits per heavy atom. The second-order valence-corrected chi connectivity index (χ2v) is 6.96. The van der Waals surface area contributed by atoms with E-state index in [1.807, 2.05) is 0 Å². The van der Waals surface area contributed by atoms with Gasteiger partial charge in [-0.25, -0.2) is 0 Å². The average molecular weight is 321 g/mol. The Morgan fingerprint density at radius 2 is 2.13 bits per heavy atom. The summed E-state index contributed by atoms with van der Waals surface area (Å²) in [5, 5.41) is 13.2. The highest BCUT2D eigenvalue weighted by atomic mass is 16.5. The standard InChI is InChI=1S/C16H23N3O4/c1-16(15(21)22)8-9-19(10-16)13(20)7-6-12-17-14(18-23-12)11-4-2-3-5-11/h11H,2-10H2,1H3,(H,21,22)/t16-/m0/s1. The minimum absolute atomic E-state index is 0.0457. The predicted molar refractivity (Wildman–Crippen MR) is 80.8 cm³/mol. The Bertz CT molecular complexity index is 594. The number of aliphatic carboxylic acids is 1. The highest BCUT2D eigenvalue weighted by molar-refractivity contribution is 5.80. The Hall–Kier alpha value is -1.92. The number of carbonyl (C=O) groups is 2. The van der Waals surface area contributed by atoms with Crippen LogP contribution in [0.25, 0.3) is 0 Å². The third kappa shape index (κ3) is 3.38. The zero-order valence-electron chi connectivity index (χ0n) is 13.5. The number of likely N-dealkylation sites (tertiary alicyclic amines) is 1. The van der Waals surface area contributed by atoms with Crippen LogP contribution in [-0.2, 0) is 16.0 Å². The van der Waals surface area contributed by atoms with E-state index in [4.69, 9.17) is 4.52 Å². The maximum atomic E-state index is 12.2. The lowest BCUT2D eigenvalue weighted by molar-refractivity contribution is -0.147. The smallest absolute Gasteiger partial charge is 0.311 e. The lowest BCUT2D eigenvalue weighted by Gasteiger charge is -2.19. The van der Waals surface area contributed by atoms with E-state index in [0.29, 0.717) is 31.2 Å². The Morgan fingerprint density at radius 1 is 1.39 bits per heavy atom. The first-order valence-corrected chi connectivity index (χ1v) is 8.31. The molecule has 0 aromatic carbocycles. The molecule has 0 spiro atoms. The molecule has 7 heteroatoms. The highest BCUT2D eigenvalue weighted by Crippen LogP contribution is 2.32. The summed E-state index contributed by atoms with van der Waals surface area (Å²) in [4.78, 5) is 29.5. The molecular weight excluding hydrogens is 298 g/mol. The van der Waals surface area contributed by atoms with Crippen molar-refractivity contribution in [3.8, 4) is 0 Å². The molecule has 1 saturated heterocycles. The highest BCUT2D eigenvalue weighted by Gasteiger charge is 2.41. The van der Waals surface area contributed by atoms with Crippen molar-refractivity contribution in [3.05, 3.63) is 11.7 Å². The van der Waals surface area contributed by atoms with E-state index in [2.05, 4.69) is 10.1 Å². The predicted octanol–water partition coefficient (Wildman–Crippen LogP) is 1.98. The van der Waals surface area contributed by atoms with E-state index < -0.39 is 11.4 Å². The first-order valence-electron chi connectivity index (χ1n) is 8.31. The van der Waals surface area contributed by atoms with Crippen molar-refractivity contribution in [3.63, 3.8) is 0 Å². The van der Waals surface area contributed by atoms with Crippen molar-refractivity contribution in [1.82, 2.24) is 15.0 Å². The molecule has 0 unspecified atom stereocenters. The quantitative estimate of drug-likeness (QED) is 0.890. The molecule has 7 nitrogen and oxygen atoms in total. The molecule has 1 aromatic rings. The van der Waals surface area contributed by atoms with E-state index >= 15 is 0 Å². The van der Waals surface area contributed by atoms with Crippen molar-refractivity contribution in [2.45, 2.75) is 57.8 Å². The first kappa shape index (κ1) is 16.0. The molecule has 126 valence electrons. The lowest BCUT2D eigenvalue weighted by Crippen LogP contribution is -2.34. The SMILES string of the molecule is C[C@]1(C(=O)O)CCN(C(=O)CCc2nc(C3CCCC3)no2)C1. The summed E-state index contributed by atoms with van der Waals surface area (Å²) in [6.45, 7) is 2.46. The van der Waals surface area contributed by atoms with Gasteiger partial charge in [-0.1, -0.05) is 18.0 Å². The number of rotatable bonds is 5. The zero-order chi connectivity index (χ0) is 16.4. The molecule has 1 amide bonds. The molecule has 0 radical (unpaired) electrons. The van der Waals surface area contributed by atoms with E-state index in [9.17, 15) is 14.7 Å². The van der Waals surface area contributed by atoms with Gasteiger partial charge in [0.05, 0.1) is 5.41 Å². The van der Waals surface area contributed by atoms with Gasteiger partial charge >= 0.3 is 5.97 Å². The number of hydrogen-bond donors (Lipinski definition) is 1. The fourth-order valence-corrected chi connectivity index (χ4v) is 3.44. The van der Waals surface area contributed by atoms with Crippen LogP contribution in [0.3, 0.4) is 0 Å². The Balaban J connectivity index is 1.50. The van der Waals surface area contributed by atoms with Crippen molar-refractivity contribution in [1.29, 1.82) is 0 Å². The normalized spacial score (nSPS) is 25.2. The number of aryl methyl sites for hydroxylation is 1. The second kappa shape index (κ2) is 6.29. The maximum Gasteiger partial charge on any atom is 0.311 e. The van der Waals surface area contributed by atoms with Gasteiger partial charge in [0.25, 0.3) is 0 Å². The van der Waals surface area contributed by atoms with Crippen molar-refractivity contribution in [2.24, 2.45) is 5.41 Å². The summed E-state index contributed by atoms with van der Waals surface area (Å²) < 4.78 is 5.24. The van der Waals surface area contributed by atoms with Crippen LogP contribution in [0.15, 0.2) is 4.52 Å². The maximum absolute atomic E-state index is 12.2. The Kier molecular flexibility index (Phi) is 4.37. The minimum Gasteiger partial charge on any atom is -0.481 e. The fourth-order valence-electron chi connectivity index (χ4n) is 3.44.